The third-order valence-electron chi connectivity index (χ3n) is 3.60. The molecule has 2 heterocycles. The highest BCUT2D eigenvalue weighted by Gasteiger charge is 2.27. The molecule has 0 saturated heterocycles. The van der Waals surface area contributed by atoms with E-state index in [-0.39, 0.29) is 11.2 Å². The van der Waals surface area contributed by atoms with E-state index in [1.54, 1.807) is 23.1 Å². The highest BCUT2D eigenvalue weighted by atomic mass is 32.2. The molecule has 3 nitrogen and oxygen atoms in total. The van der Waals surface area contributed by atoms with Crippen LogP contribution in [-0.2, 0) is 11.2 Å². The van der Waals surface area contributed by atoms with Crippen LogP contribution in [0, 0.1) is 6.92 Å². The Bertz CT molecular complexity index is 653. The molecule has 5 heteroatoms. The van der Waals surface area contributed by atoms with Crippen molar-refractivity contribution in [3.8, 4) is 0 Å². The Morgan fingerprint density at radius 3 is 3.00 bits per heavy atom. The monoisotopic (exact) mass is 318 g/mol. The van der Waals surface area contributed by atoms with E-state index in [4.69, 9.17) is 0 Å². The van der Waals surface area contributed by atoms with Crippen molar-refractivity contribution in [3.05, 3.63) is 40.9 Å². The molecule has 1 unspecified atom stereocenters. The zero-order valence-electron chi connectivity index (χ0n) is 12.2. The first-order valence-corrected chi connectivity index (χ1v) is 8.89. The Morgan fingerprint density at radius 2 is 2.24 bits per heavy atom. The van der Waals surface area contributed by atoms with Gasteiger partial charge in [-0.3, -0.25) is 4.79 Å². The quantitative estimate of drug-likeness (QED) is 0.805. The van der Waals surface area contributed by atoms with Gasteiger partial charge < -0.3 is 4.90 Å². The molecule has 0 spiro atoms. The summed E-state index contributed by atoms with van der Waals surface area (Å²) in [5, 5.41) is 1.91. The largest absolute Gasteiger partial charge is 0.311 e. The second kappa shape index (κ2) is 6.20. The number of carbonyl (C=O) groups excluding carboxylic acids is 1. The van der Waals surface area contributed by atoms with Gasteiger partial charge in [-0.25, -0.2) is 4.98 Å². The van der Waals surface area contributed by atoms with Crippen molar-refractivity contribution in [2.45, 2.75) is 36.3 Å². The number of hydrogen-bond donors (Lipinski definition) is 0. The first-order chi connectivity index (χ1) is 10.1. The Labute approximate surface area is 133 Å². The Morgan fingerprint density at radius 1 is 1.43 bits per heavy atom. The van der Waals surface area contributed by atoms with Gasteiger partial charge in [-0.2, -0.15) is 0 Å². The van der Waals surface area contributed by atoms with Gasteiger partial charge in [-0.15, -0.1) is 11.3 Å². The number of anilines is 1. The summed E-state index contributed by atoms with van der Waals surface area (Å²) in [7, 11) is 0. The van der Waals surface area contributed by atoms with Gasteiger partial charge >= 0.3 is 0 Å². The molecule has 3 rings (SSSR count). The van der Waals surface area contributed by atoms with Gasteiger partial charge in [0.15, 0.2) is 4.34 Å². The van der Waals surface area contributed by atoms with Crippen molar-refractivity contribution in [1.82, 2.24) is 4.98 Å². The number of carbonyl (C=O) groups is 1. The van der Waals surface area contributed by atoms with E-state index in [0.29, 0.717) is 0 Å². The normalized spacial score (nSPS) is 15.6. The Hall–Kier alpha value is -1.33. The lowest BCUT2D eigenvalue weighted by molar-refractivity contribution is -0.117. The maximum absolute atomic E-state index is 12.8. The van der Waals surface area contributed by atoms with E-state index in [2.05, 4.69) is 17.1 Å². The van der Waals surface area contributed by atoms with Crippen LogP contribution in [0.5, 0.6) is 0 Å². The zero-order chi connectivity index (χ0) is 14.8. The van der Waals surface area contributed by atoms with Crippen molar-refractivity contribution in [3.63, 3.8) is 0 Å². The number of fused-ring (bicyclic) bond motifs is 1. The highest BCUT2D eigenvalue weighted by molar-refractivity contribution is 8.02. The lowest BCUT2D eigenvalue weighted by Crippen LogP contribution is -2.40. The molecule has 1 aliphatic heterocycles. The Balaban J connectivity index is 1.76. The summed E-state index contributed by atoms with van der Waals surface area (Å²) in [5.74, 6) is 0.181. The number of thioether (sulfide) groups is 1. The van der Waals surface area contributed by atoms with E-state index in [1.165, 1.54) is 5.56 Å². The van der Waals surface area contributed by atoms with Gasteiger partial charge in [0.05, 0.1) is 5.25 Å². The molecule has 0 bridgehead atoms. The van der Waals surface area contributed by atoms with E-state index < -0.39 is 0 Å². The zero-order valence-corrected chi connectivity index (χ0v) is 13.8. The number of aryl methyl sites for hydroxylation is 2. The Kier molecular flexibility index (Phi) is 4.31. The number of amides is 1. The average Bonchev–Trinajstić information content (AvgIpc) is 2.91. The van der Waals surface area contributed by atoms with Gasteiger partial charge in [0.1, 0.15) is 0 Å². The molecule has 0 aliphatic carbocycles. The maximum Gasteiger partial charge on any atom is 0.240 e. The summed E-state index contributed by atoms with van der Waals surface area (Å²) >= 11 is 3.17. The van der Waals surface area contributed by atoms with Crippen molar-refractivity contribution in [2.75, 3.05) is 11.4 Å². The highest BCUT2D eigenvalue weighted by Crippen LogP contribution is 2.32. The van der Waals surface area contributed by atoms with Gasteiger partial charge in [0.25, 0.3) is 0 Å². The van der Waals surface area contributed by atoms with E-state index >= 15 is 0 Å². The van der Waals surface area contributed by atoms with E-state index in [9.17, 15) is 4.79 Å². The van der Waals surface area contributed by atoms with E-state index in [1.807, 2.05) is 36.3 Å². The van der Waals surface area contributed by atoms with Crippen LogP contribution >= 0.6 is 23.1 Å². The molecule has 1 aliphatic rings. The minimum atomic E-state index is -0.110. The number of para-hydroxylation sites is 1. The predicted octanol–water partition coefficient (Wildman–Crippen LogP) is 3.91. The molecule has 0 fully saturated rings. The number of hydrogen-bond acceptors (Lipinski definition) is 4. The number of aromatic nitrogens is 1. The summed E-state index contributed by atoms with van der Waals surface area (Å²) in [6, 6.07) is 8.23. The number of rotatable bonds is 3. The van der Waals surface area contributed by atoms with Crippen LogP contribution in [0.4, 0.5) is 5.69 Å². The number of nitrogens with zero attached hydrogens (tertiary/aromatic N) is 2. The molecular weight excluding hydrogens is 300 g/mol. The van der Waals surface area contributed by atoms with Crippen molar-refractivity contribution in [1.29, 1.82) is 0 Å². The molecule has 1 atom stereocenters. The minimum Gasteiger partial charge on any atom is -0.311 e. The SMILES string of the molecule is Cc1csc(SC(C)C(=O)N2CCCc3ccccc32)n1. The summed E-state index contributed by atoms with van der Waals surface area (Å²) in [5.41, 5.74) is 3.38. The summed E-state index contributed by atoms with van der Waals surface area (Å²) < 4.78 is 0.971. The van der Waals surface area contributed by atoms with Gasteiger partial charge in [0.2, 0.25) is 5.91 Å². The van der Waals surface area contributed by atoms with E-state index in [0.717, 1.165) is 35.1 Å². The van der Waals surface area contributed by atoms with Crippen LogP contribution in [0.15, 0.2) is 34.0 Å². The van der Waals surface area contributed by atoms with Crippen LogP contribution in [-0.4, -0.2) is 22.7 Å². The second-order valence-electron chi connectivity index (χ2n) is 5.24. The van der Waals surface area contributed by atoms with Crippen molar-refractivity contribution >= 4 is 34.7 Å². The lowest BCUT2D eigenvalue weighted by atomic mass is 10.0. The summed E-state index contributed by atoms with van der Waals surface area (Å²) in [6.07, 6.45) is 2.10. The third kappa shape index (κ3) is 3.14. The molecule has 2 aromatic rings. The van der Waals surface area contributed by atoms with Crippen LogP contribution in [0.1, 0.15) is 24.6 Å². The smallest absolute Gasteiger partial charge is 0.240 e. The molecule has 0 saturated carbocycles. The molecule has 0 radical (unpaired) electrons. The minimum absolute atomic E-state index is 0.110. The molecule has 1 aromatic carbocycles. The number of benzene rings is 1. The first-order valence-electron chi connectivity index (χ1n) is 7.13. The molecule has 1 aromatic heterocycles. The van der Waals surface area contributed by atoms with Crippen molar-refractivity contribution < 1.29 is 4.79 Å². The van der Waals surface area contributed by atoms with Crippen molar-refractivity contribution in [2.24, 2.45) is 0 Å². The van der Waals surface area contributed by atoms with Crippen LogP contribution < -0.4 is 4.90 Å². The molecule has 21 heavy (non-hydrogen) atoms. The molecule has 0 N–H and O–H groups in total. The fourth-order valence-electron chi connectivity index (χ4n) is 2.57. The molecular formula is C16H18N2OS2. The summed E-state index contributed by atoms with van der Waals surface area (Å²) in [4.78, 5) is 19.1. The molecule has 110 valence electrons. The standard InChI is InChI=1S/C16H18N2OS2/c1-11-10-20-16(17-11)21-12(2)15(19)18-9-5-7-13-6-3-4-8-14(13)18/h3-4,6,8,10,12H,5,7,9H2,1-2H3. The van der Waals surface area contributed by atoms with Crippen LogP contribution in [0.25, 0.3) is 0 Å². The van der Waals surface area contributed by atoms with Gasteiger partial charge in [0, 0.05) is 23.3 Å². The topological polar surface area (TPSA) is 33.2 Å². The lowest BCUT2D eigenvalue weighted by Gasteiger charge is -2.31. The van der Waals surface area contributed by atoms with Gasteiger partial charge in [-0.05, 0) is 38.3 Å². The average molecular weight is 318 g/mol. The van der Waals surface area contributed by atoms with Crippen LogP contribution in [0.3, 0.4) is 0 Å². The predicted molar refractivity (Wildman–Crippen MR) is 89.3 cm³/mol. The first kappa shape index (κ1) is 14.6. The maximum atomic E-state index is 12.8. The fraction of sp³-hybridized carbons (Fsp3) is 0.375. The number of thiazole rings is 1. The van der Waals surface area contributed by atoms with Crippen LogP contribution in [0.2, 0.25) is 0 Å². The third-order valence-corrected chi connectivity index (χ3v) is 5.78. The molecule has 1 amide bonds. The fourth-order valence-corrected chi connectivity index (χ4v) is 4.62. The second-order valence-corrected chi connectivity index (χ2v) is 7.68. The summed E-state index contributed by atoms with van der Waals surface area (Å²) in [6.45, 7) is 4.77. The van der Waals surface area contributed by atoms with Gasteiger partial charge in [-0.1, -0.05) is 30.0 Å².